The molecule has 0 amide bonds. The van der Waals surface area contributed by atoms with Crippen molar-refractivity contribution in [3.05, 3.63) is 47.5 Å². The fourth-order valence-electron chi connectivity index (χ4n) is 1.91. The quantitative estimate of drug-likeness (QED) is 0.776. The van der Waals surface area contributed by atoms with E-state index in [1.807, 2.05) is 41.2 Å². The molecule has 1 aromatic heterocycles. The highest BCUT2D eigenvalue weighted by Gasteiger charge is 2.13. The van der Waals surface area contributed by atoms with Crippen LogP contribution in [-0.4, -0.2) is 20.9 Å². The molecule has 0 spiro atoms. The minimum absolute atomic E-state index is 0.0358. The third-order valence-electron chi connectivity index (χ3n) is 2.65. The monoisotopic (exact) mass is 213 g/mol. The molecule has 0 radical (unpaired) electrons. The van der Waals surface area contributed by atoms with Crippen LogP contribution in [0.5, 0.6) is 0 Å². The summed E-state index contributed by atoms with van der Waals surface area (Å²) < 4.78 is 1.99. The Hall–Kier alpha value is -1.94. The highest BCUT2D eigenvalue weighted by Crippen LogP contribution is 2.19. The number of imidazole rings is 1. The lowest BCUT2D eigenvalue weighted by Crippen LogP contribution is -1.99. The van der Waals surface area contributed by atoms with Gasteiger partial charge in [-0.3, -0.25) is 4.99 Å². The first-order chi connectivity index (χ1) is 7.88. The molecule has 0 atom stereocenters. The maximum atomic E-state index is 9.09. The van der Waals surface area contributed by atoms with Gasteiger partial charge in [-0.05, 0) is 6.07 Å². The van der Waals surface area contributed by atoms with Crippen LogP contribution < -0.4 is 0 Å². The van der Waals surface area contributed by atoms with Gasteiger partial charge in [0, 0.05) is 18.0 Å². The minimum atomic E-state index is -0.0358. The topological polar surface area (TPSA) is 50.4 Å². The van der Waals surface area contributed by atoms with Gasteiger partial charge in [0.15, 0.2) is 0 Å². The first-order valence-electron chi connectivity index (χ1n) is 5.16. The van der Waals surface area contributed by atoms with Gasteiger partial charge < -0.3 is 9.67 Å². The van der Waals surface area contributed by atoms with E-state index < -0.39 is 0 Å². The molecule has 1 aliphatic heterocycles. The second-order valence-corrected chi connectivity index (χ2v) is 3.71. The van der Waals surface area contributed by atoms with Gasteiger partial charge in [-0.25, -0.2) is 4.98 Å². The van der Waals surface area contributed by atoms with Crippen molar-refractivity contribution in [2.75, 3.05) is 0 Å². The lowest BCUT2D eigenvalue weighted by molar-refractivity contribution is 0.277. The van der Waals surface area contributed by atoms with E-state index in [-0.39, 0.29) is 6.61 Å². The molecule has 2 aromatic rings. The second kappa shape index (κ2) is 3.57. The van der Waals surface area contributed by atoms with Crippen molar-refractivity contribution in [2.45, 2.75) is 13.2 Å². The summed E-state index contributed by atoms with van der Waals surface area (Å²) in [5, 5.41) is 9.09. The van der Waals surface area contributed by atoms with Crippen LogP contribution in [0.1, 0.15) is 17.1 Å². The van der Waals surface area contributed by atoms with Crippen LogP contribution in [0.25, 0.3) is 5.69 Å². The minimum Gasteiger partial charge on any atom is -0.390 e. The predicted octanol–water partition coefficient (Wildman–Crippen LogP) is 1.30. The van der Waals surface area contributed by atoms with Crippen molar-refractivity contribution >= 4 is 6.21 Å². The highest BCUT2D eigenvalue weighted by molar-refractivity contribution is 5.85. The number of aliphatic hydroxyl groups excluding tert-OH is 1. The standard InChI is InChI=1S/C12H11N3O/c16-8-10-7-15-11-4-2-1-3-9(11)5-13-6-12(15)14-10/h1-5,7,16H,6,8H2. The number of hydrogen-bond acceptors (Lipinski definition) is 3. The fraction of sp³-hybridized carbons (Fsp3) is 0.167. The molecular weight excluding hydrogens is 202 g/mol. The SMILES string of the molecule is OCc1cn2c(n1)CN=Cc1ccccc1-2. The van der Waals surface area contributed by atoms with E-state index in [9.17, 15) is 0 Å². The summed E-state index contributed by atoms with van der Waals surface area (Å²) in [6, 6.07) is 8.02. The zero-order valence-electron chi connectivity index (χ0n) is 8.67. The van der Waals surface area contributed by atoms with Crippen LogP contribution in [-0.2, 0) is 13.2 Å². The predicted molar refractivity (Wildman–Crippen MR) is 60.8 cm³/mol. The lowest BCUT2D eigenvalue weighted by atomic mass is 10.2. The third kappa shape index (κ3) is 1.35. The van der Waals surface area contributed by atoms with E-state index in [1.54, 1.807) is 0 Å². The van der Waals surface area contributed by atoms with Gasteiger partial charge in [0.25, 0.3) is 0 Å². The summed E-state index contributed by atoms with van der Waals surface area (Å²) in [5.74, 6) is 0.866. The van der Waals surface area contributed by atoms with E-state index in [2.05, 4.69) is 9.98 Å². The molecule has 0 unspecified atom stereocenters. The van der Waals surface area contributed by atoms with Gasteiger partial charge in [-0.1, -0.05) is 18.2 Å². The van der Waals surface area contributed by atoms with Gasteiger partial charge in [-0.2, -0.15) is 0 Å². The molecule has 0 aliphatic carbocycles. The van der Waals surface area contributed by atoms with Crippen LogP contribution >= 0.6 is 0 Å². The maximum Gasteiger partial charge on any atom is 0.135 e. The van der Waals surface area contributed by atoms with E-state index >= 15 is 0 Å². The number of nitrogens with zero attached hydrogens (tertiary/aromatic N) is 3. The summed E-state index contributed by atoms with van der Waals surface area (Å²) in [5.41, 5.74) is 2.82. The van der Waals surface area contributed by atoms with E-state index in [0.29, 0.717) is 12.2 Å². The molecule has 4 heteroatoms. The molecule has 0 saturated carbocycles. The molecule has 4 nitrogen and oxygen atoms in total. The number of aliphatic hydroxyl groups is 1. The molecule has 0 bridgehead atoms. The number of hydrogen-bond donors (Lipinski definition) is 1. The Morgan fingerprint density at radius 3 is 3.06 bits per heavy atom. The summed E-state index contributed by atoms with van der Waals surface area (Å²) in [7, 11) is 0. The average Bonchev–Trinajstić information content (AvgIpc) is 2.66. The number of rotatable bonds is 1. The first kappa shape index (κ1) is 9.30. The summed E-state index contributed by atoms with van der Waals surface area (Å²) in [6.07, 6.45) is 3.73. The Bertz CT molecular complexity index is 557. The van der Waals surface area contributed by atoms with Gasteiger partial charge >= 0.3 is 0 Å². The van der Waals surface area contributed by atoms with Crippen molar-refractivity contribution in [1.82, 2.24) is 9.55 Å². The maximum absolute atomic E-state index is 9.09. The summed E-state index contributed by atoms with van der Waals surface area (Å²) in [6.45, 7) is 0.514. The first-order valence-corrected chi connectivity index (χ1v) is 5.16. The van der Waals surface area contributed by atoms with Crippen molar-refractivity contribution in [2.24, 2.45) is 4.99 Å². The molecule has 0 fully saturated rings. The fourth-order valence-corrected chi connectivity index (χ4v) is 1.91. The van der Waals surface area contributed by atoms with Crippen molar-refractivity contribution in [3.8, 4) is 5.69 Å². The molecular formula is C12H11N3O. The third-order valence-corrected chi connectivity index (χ3v) is 2.65. The zero-order chi connectivity index (χ0) is 11.0. The lowest BCUT2D eigenvalue weighted by Gasteiger charge is -2.06. The van der Waals surface area contributed by atoms with Crippen LogP contribution in [0, 0.1) is 0 Å². The van der Waals surface area contributed by atoms with Crippen LogP contribution in [0.3, 0.4) is 0 Å². The molecule has 2 heterocycles. The Morgan fingerprint density at radius 1 is 1.31 bits per heavy atom. The van der Waals surface area contributed by atoms with Crippen molar-refractivity contribution in [1.29, 1.82) is 0 Å². The second-order valence-electron chi connectivity index (χ2n) is 3.71. The van der Waals surface area contributed by atoms with Gasteiger partial charge in [-0.15, -0.1) is 0 Å². The largest absolute Gasteiger partial charge is 0.390 e. The summed E-state index contributed by atoms with van der Waals surface area (Å²) >= 11 is 0. The smallest absolute Gasteiger partial charge is 0.135 e. The zero-order valence-corrected chi connectivity index (χ0v) is 8.67. The number of aromatic nitrogens is 2. The van der Waals surface area contributed by atoms with Crippen LogP contribution in [0.4, 0.5) is 0 Å². The Morgan fingerprint density at radius 2 is 2.19 bits per heavy atom. The van der Waals surface area contributed by atoms with E-state index in [4.69, 9.17) is 5.11 Å². The van der Waals surface area contributed by atoms with Gasteiger partial charge in [0.1, 0.15) is 5.82 Å². The van der Waals surface area contributed by atoms with E-state index in [1.165, 1.54) is 0 Å². The number of fused-ring (bicyclic) bond motifs is 3. The highest BCUT2D eigenvalue weighted by atomic mass is 16.3. The molecule has 1 N–H and O–H groups in total. The number of para-hydroxylation sites is 1. The Kier molecular flexibility index (Phi) is 2.08. The number of aliphatic imine (C=N–C) groups is 1. The molecule has 16 heavy (non-hydrogen) atoms. The summed E-state index contributed by atoms with van der Waals surface area (Å²) in [4.78, 5) is 8.64. The molecule has 1 aromatic carbocycles. The average molecular weight is 213 g/mol. The normalized spacial score (nSPS) is 13.1. The Labute approximate surface area is 92.9 Å². The molecule has 1 aliphatic rings. The molecule has 3 rings (SSSR count). The molecule has 0 saturated heterocycles. The number of benzene rings is 1. The Balaban J connectivity index is 2.25. The van der Waals surface area contributed by atoms with Crippen LogP contribution in [0.2, 0.25) is 0 Å². The van der Waals surface area contributed by atoms with E-state index in [0.717, 1.165) is 17.1 Å². The van der Waals surface area contributed by atoms with Crippen molar-refractivity contribution in [3.63, 3.8) is 0 Å². The van der Waals surface area contributed by atoms with Gasteiger partial charge in [0.2, 0.25) is 0 Å². The van der Waals surface area contributed by atoms with Gasteiger partial charge in [0.05, 0.1) is 24.5 Å². The molecule has 80 valence electrons. The van der Waals surface area contributed by atoms with Crippen molar-refractivity contribution < 1.29 is 5.11 Å². The van der Waals surface area contributed by atoms with Crippen LogP contribution in [0.15, 0.2) is 35.5 Å².